The molecule has 2 atom stereocenters. The Labute approximate surface area is 253 Å². The largest absolute Gasteiger partial charge is 0.461 e. The van der Waals surface area contributed by atoms with Gasteiger partial charge in [0.05, 0.1) is 17.3 Å². The van der Waals surface area contributed by atoms with Gasteiger partial charge < -0.3 is 9.64 Å². The zero-order chi connectivity index (χ0) is 30.1. The van der Waals surface area contributed by atoms with Crippen molar-refractivity contribution in [3.05, 3.63) is 54.0 Å². The molecule has 0 N–H and O–H groups in total. The summed E-state index contributed by atoms with van der Waals surface area (Å²) in [7, 11) is 0. The third-order valence-corrected chi connectivity index (χ3v) is 10.5. The smallest absolute Gasteiger partial charge is 0.393 e. The number of rotatable bonds is 6. The van der Waals surface area contributed by atoms with Gasteiger partial charge in [-0.1, -0.05) is 36.4 Å². The number of piperidine rings is 1. The number of hydrogen-bond donors (Lipinski definition) is 0. The predicted molar refractivity (Wildman–Crippen MR) is 161 cm³/mol. The monoisotopic (exact) mass is 605 g/mol. The summed E-state index contributed by atoms with van der Waals surface area (Å²) in [5.41, 5.74) is 0.434. The maximum Gasteiger partial charge on any atom is 0.393 e. The van der Waals surface area contributed by atoms with E-state index in [0.29, 0.717) is 46.0 Å². The fourth-order valence-electron chi connectivity index (χ4n) is 8.54. The quantitative estimate of drug-likeness (QED) is 0.215. The molecular formula is C34H35F4N5O. The van der Waals surface area contributed by atoms with Gasteiger partial charge in [-0.15, -0.1) is 0 Å². The highest BCUT2D eigenvalue weighted by atomic mass is 19.4. The van der Waals surface area contributed by atoms with Crippen molar-refractivity contribution in [1.82, 2.24) is 19.9 Å². The molecule has 10 heteroatoms. The molecule has 4 aromatic rings. The van der Waals surface area contributed by atoms with Crippen LogP contribution in [0.1, 0.15) is 50.5 Å². The molecule has 2 unspecified atom stereocenters. The van der Waals surface area contributed by atoms with Gasteiger partial charge in [0.2, 0.25) is 0 Å². The summed E-state index contributed by atoms with van der Waals surface area (Å²) >= 11 is 0. The average Bonchev–Trinajstić information content (AvgIpc) is 3.69. The lowest BCUT2D eigenvalue weighted by molar-refractivity contribution is -0.126. The Bertz CT molecular complexity index is 1720. The van der Waals surface area contributed by atoms with Crippen LogP contribution in [0, 0.1) is 17.7 Å². The molecule has 6 nitrogen and oxygen atoms in total. The minimum absolute atomic E-state index is 0.0246. The Morgan fingerprint density at radius 2 is 1.68 bits per heavy atom. The highest BCUT2D eigenvalue weighted by molar-refractivity contribution is 6.00. The van der Waals surface area contributed by atoms with Crippen molar-refractivity contribution < 1.29 is 22.3 Å². The highest BCUT2D eigenvalue weighted by Crippen LogP contribution is 2.43. The van der Waals surface area contributed by atoms with Crippen LogP contribution in [0.25, 0.3) is 32.9 Å². The molecule has 4 aliphatic rings. The number of aromatic nitrogens is 3. The number of ether oxygens (including phenoxy) is 1. The number of halogens is 4. The van der Waals surface area contributed by atoms with Gasteiger partial charge in [0.25, 0.3) is 0 Å². The van der Waals surface area contributed by atoms with Crippen molar-refractivity contribution in [2.24, 2.45) is 11.8 Å². The summed E-state index contributed by atoms with van der Waals surface area (Å²) in [5, 5.41) is 1.44. The lowest BCUT2D eigenvalue weighted by Crippen LogP contribution is -2.43. The number of nitrogens with zero attached hydrogens (tertiary/aromatic N) is 5. The van der Waals surface area contributed by atoms with Crippen LogP contribution in [-0.4, -0.2) is 64.4 Å². The maximum atomic E-state index is 16.7. The zero-order valence-corrected chi connectivity index (χ0v) is 24.5. The topological polar surface area (TPSA) is 54.4 Å². The van der Waals surface area contributed by atoms with Crippen molar-refractivity contribution in [3.8, 4) is 17.3 Å². The van der Waals surface area contributed by atoms with Gasteiger partial charge >= 0.3 is 12.2 Å². The molecule has 4 fully saturated rings. The first-order valence-corrected chi connectivity index (χ1v) is 15.8. The third kappa shape index (κ3) is 4.86. The SMILES string of the molecule is Fc1c(-c2cccc3cccc(CC(F)(F)F)c23)ncc2c(N3CC4CCC(C4)C3)nc(OCC34CCCN3CCC4)nc12. The number of anilines is 1. The molecule has 1 saturated carbocycles. The van der Waals surface area contributed by atoms with Crippen molar-refractivity contribution >= 4 is 27.5 Å². The van der Waals surface area contributed by atoms with Gasteiger partial charge in [0.1, 0.15) is 23.6 Å². The minimum atomic E-state index is -4.41. The molecule has 3 aliphatic heterocycles. The Kier molecular flexibility index (Phi) is 6.70. The number of hydrogen-bond acceptors (Lipinski definition) is 6. The van der Waals surface area contributed by atoms with E-state index in [2.05, 4.69) is 19.8 Å². The van der Waals surface area contributed by atoms with Gasteiger partial charge in [-0.2, -0.15) is 23.1 Å². The van der Waals surface area contributed by atoms with Crippen molar-refractivity contribution in [3.63, 3.8) is 0 Å². The Morgan fingerprint density at radius 1 is 0.955 bits per heavy atom. The van der Waals surface area contributed by atoms with E-state index >= 15 is 4.39 Å². The lowest BCUT2D eigenvalue weighted by Gasteiger charge is -2.34. The van der Waals surface area contributed by atoms with Crippen LogP contribution < -0.4 is 9.64 Å². The van der Waals surface area contributed by atoms with E-state index < -0.39 is 18.4 Å². The van der Waals surface area contributed by atoms with E-state index in [4.69, 9.17) is 9.72 Å². The van der Waals surface area contributed by atoms with Crippen LogP contribution >= 0.6 is 0 Å². The molecule has 44 heavy (non-hydrogen) atoms. The molecule has 8 rings (SSSR count). The van der Waals surface area contributed by atoms with E-state index in [1.54, 1.807) is 36.5 Å². The van der Waals surface area contributed by atoms with Crippen molar-refractivity contribution in [2.75, 3.05) is 37.7 Å². The first-order valence-electron chi connectivity index (χ1n) is 15.8. The standard InChI is InChI=1S/C34H35F4N5O/c35-28-29(25-8-2-6-23-5-1-7-24(27(23)25)16-34(36,37)38)39-17-26-30(28)40-32(44-20-33-11-3-13-43(33)14-4-12-33)41-31(26)42-18-21-9-10-22(15-21)19-42/h1-2,5-8,17,21-22H,3-4,9-16,18-20H2. The summed E-state index contributed by atoms with van der Waals surface area (Å²) in [4.78, 5) is 18.8. The second-order valence-corrected chi connectivity index (χ2v) is 13.3. The van der Waals surface area contributed by atoms with Gasteiger partial charge in [-0.05, 0) is 86.2 Å². The number of fused-ring (bicyclic) bond motifs is 5. The van der Waals surface area contributed by atoms with E-state index in [-0.39, 0.29) is 28.3 Å². The molecule has 0 amide bonds. The zero-order valence-electron chi connectivity index (χ0n) is 24.5. The summed E-state index contributed by atoms with van der Waals surface area (Å²) < 4.78 is 63.7. The summed E-state index contributed by atoms with van der Waals surface area (Å²) in [6, 6.07) is 10.0. The summed E-state index contributed by atoms with van der Waals surface area (Å²) in [6.45, 7) is 4.26. The molecule has 2 bridgehead atoms. The summed E-state index contributed by atoms with van der Waals surface area (Å²) in [5.74, 6) is 1.11. The molecule has 5 heterocycles. The Morgan fingerprint density at radius 3 is 2.41 bits per heavy atom. The normalized spacial score (nSPS) is 23.1. The maximum absolute atomic E-state index is 16.7. The highest BCUT2D eigenvalue weighted by Gasteiger charge is 2.45. The van der Waals surface area contributed by atoms with Crippen LogP contribution in [0.5, 0.6) is 6.01 Å². The van der Waals surface area contributed by atoms with Crippen LogP contribution in [0.3, 0.4) is 0 Å². The molecule has 2 aromatic carbocycles. The predicted octanol–water partition coefficient (Wildman–Crippen LogP) is 7.33. The van der Waals surface area contributed by atoms with Crippen LogP contribution in [0.15, 0.2) is 42.6 Å². The molecular weight excluding hydrogens is 570 g/mol. The number of alkyl halides is 3. The van der Waals surface area contributed by atoms with Gasteiger partial charge in [-0.25, -0.2) is 4.39 Å². The summed E-state index contributed by atoms with van der Waals surface area (Å²) in [6.07, 6.45) is 4.03. The van der Waals surface area contributed by atoms with Gasteiger partial charge in [0, 0.05) is 24.8 Å². The van der Waals surface area contributed by atoms with Crippen LogP contribution in [0.2, 0.25) is 0 Å². The molecule has 2 aromatic heterocycles. The third-order valence-electron chi connectivity index (χ3n) is 10.5. The fraction of sp³-hybridized carbons (Fsp3) is 0.500. The molecule has 230 valence electrons. The average molecular weight is 606 g/mol. The van der Waals surface area contributed by atoms with E-state index in [9.17, 15) is 13.2 Å². The van der Waals surface area contributed by atoms with Crippen molar-refractivity contribution in [1.29, 1.82) is 0 Å². The minimum Gasteiger partial charge on any atom is -0.461 e. The first kappa shape index (κ1) is 28.0. The molecule has 0 radical (unpaired) electrons. The Balaban J connectivity index is 1.25. The van der Waals surface area contributed by atoms with Crippen molar-refractivity contribution in [2.45, 2.75) is 63.1 Å². The number of pyridine rings is 1. The molecule has 3 saturated heterocycles. The second-order valence-electron chi connectivity index (χ2n) is 13.3. The van der Waals surface area contributed by atoms with E-state index in [0.717, 1.165) is 51.9 Å². The van der Waals surface area contributed by atoms with E-state index in [1.165, 1.54) is 25.3 Å². The Hall–Kier alpha value is -3.53. The lowest BCUT2D eigenvalue weighted by atomic mass is 9.95. The first-order chi connectivity index (χ1) is 21.3. The second kappa shape index (κ2) is 10.5. The number of benzene rings is 2. The van der Waals surface area contributed by atoms with Crippen LogP contribution in [0.4, 0.5) is 23.4 Å². The van der Waals surface area contributed by atoms with E-state index in [1.807, 2.05) is 0 Å². The van der Waals surface area contributed by atoms with Gasteiger partial charge in [-0.3, -0.25) is 9.88 Å². The molecule has 1 aliphatic carbocycles. The molecule has 0 spiro atoms. The fourth-order valence-corrected chi connectivity index (χ4v) is 8.54. The van der Waals surface area contributed by atoms with Crippen LogP contribution in [-0.2, 0) is 6.42 Å². The van der Waals surface area contributed by atoms with Gasteiger partial charge in [0.15, 0.2) is 5.82 Å².